The predicted molar refractivity (Wildman–Crippen MR) is 81.1 cm³/mol. The van der Waals surface area contributed by atoms with Gasteiger partial charge in [-0.25, -0.2) is 9.78 Å². The molecule has 2 amide bonds. The number of rotatable bonds is 4. The van der Waals surface area contributed by atoms with Gasteiger partial charge in [0.25, 0.3) is 0 Å². The van der Waals surface area contributed by atoms with Gasteiger partial charge < -0.3 is 25.6 Å². The van der Waals surface area contributed by atoms with Crippen LogP contribution in [-0.2, 0) is 11.0 Å². The highest BCUT2D eigenvalue weighted by molar-refractivity contribution is 7.51. The summed E-state index contributed by atoms with van der Waals surface area (Å²) < 4.78 is 16.3. The number of fused-ring (bicyclic) bond motifs is 3. The highest BCUT2D eigenvalue weighted by atomic mass is 32.1. The molecule has 0 saturated carbocycles. The van der Waals surface area contributed by atoms with E-state index in [1.807, 2.05) is 0 Å². The molecule has 1 aliphatic carbocycles. The van der Waals surface area contributed by atoms with E-state index in [1.165, 1.54) is 17.4 Å². The lowest BCUT2D eigenvalue weighted by Gasteiger charge is -2.14. The second-order valence-electron chi connectivity index (χ2n) is 4.69. The Morgan fingerprint density at radius 2 is 2.27 bits per heavy atom. The Kier molecular flexibility index (Phi) is 3.65. The van der Waals surface area contributed by atoms with Crippen molar-refractivity contribution in [1.29, 1.82) is 0 Å². The van der Waals surface area contributed by atoms with Crippen LogP contribution in [0.5, 0.6) is 5.75 Å². The van der Waals surface area contributed by atoms with E-state index in [1.54, 1.807) is 11.6 Å². The summed E-state index contributed by atoms with van der Waals surface area (Å²) in [6.45, 7) is 0. The lowest BCUT2D eigenvalue weighted by Crippen LogP contribution is -2.20. The van der Waals surface area contributed by atoms with Gasteiger partial charge in [0.15, 0.2) is 6.35 Å². The molecule has 3 rings (SSSR count). The molecule has 0 unspecified atom stereocenters. The van der Waals surface area contributed by atoms with Gasteiger partial charge in [-0.1, -0.05) is 0 Å². The monoisotopic (exact) mass is 341 g/mol. The Bertz CT molecular complexity index is 800. The molecule has 1 aromatic heterocycles. The van der Waals surface area contributed by atoms with Gasteiger partial charge in [-0.3, -0.25) is 4.57 Å². The van der Waals surface area contributed by atoms with E-state index in [-0.39, 0.29) is 0 Å². The Morgan fingerprint density at radius 3 is 2.95 bits per heavy atom. The van der Waals surface area contributed by atoms with E-state index >= 15 is 0 Å². The first kappa shape index (κ1) is 15.0. The molecule has 8 nitrogen and oxygen atoms in total. The van der Waals surface area contributed by atoms with Gasteiger partial charge in [0.1, 0.15) is 5.75 Å². The van der Waals surface area contributed by atoms with Crippen LogP contribution < -0.4 is 15.8 Å². The van der Waals surface area contributed by atoms with Gasteiger partial charge >= 0.3 is 13.6 Å². The minimum absolute atomic E-state index is 0.318. The van der Waals surface area contributed by atoms with Gasteiger partial charge in [-0.2, -0.15) is 0 Å². The third kappa shape index (κ3) is 2.84. The van der Waals surface area contributed by atoms with Crippen molar-refractivity contribution in [1.82, 2.24) is 4.98 Å². The number of benzene rings is 1. The van der Waals surface area contributed by atoms with E-state index in [0.717, 1.165) is 10.4 Å². The molecule has 2 aromatic rings. The van der Waals surface area contributed by atoms with Gasteiger partial charge in [0.05, 0.1) is 11.2 Å². The maximum Gasteiger partial charge on any atom is 0.362 e. The third-order valence-corrected chi connectivity index (χ3v) is 4.43. The van der Waals surface area contributed by atoms with E-state index in [0.29, 0.717) is 29.1 Å². The van der Waals surface area contributed by atoms with Crippen molar-refractivity contribution in [2.45, 2.75) is 6.42 Å². The molecule has 0 radical (unpaired) electrons. The van der Waals surface area contributed by atoms with Crippen molar-refractivity contribution >= 4 is 30.7 Å². The summed E-state index contributed by atoms with van der Waals surface area (Å²) in [4.78, 5) is 34.3. The Morgan fingerprint density at radius 1 is 1.50 bits per heavy atom. The summed E-state index contributed by atoms with van der Waals surface area (Å²) >= 11 is 1.46. The van der Waals surface area contributed by atoms with E-state index in [2.05, 4.69) is 10.3 Å². The van der Waals surface area contributed by atoms with Gasteiger partial charge in [-0.05, 0) is 17.7 Å². The van der Waals surface area contributed by atoms with Crippen LogP contribution in [0.1, 0.15) is 10.4 Å². The maximum atomic E-state index is 11.1. The second-order valence-corrected chi connectivity index (χ2v) is 7.22. The molecule has 10 heteroatoms. The van der Waals surface area contributed by atoms with Crippen molar-refractivity contribution in [3.63, 3.8) is 0 Å². The summed E-state index contributed by atoms with van der Waals surface area (Å²) in [7, 11) is -4.29. The Labute approximate surface area is 129 Å². The zero-order valence-corrected chi connectivity index (χ0v) is 12.9. The number of ether oxygens (including phenoxy) is 1. The number of hydrogen-bond donors (Lipinski definition) is 4. The van der Waals surface area contributed by atoms with Crippen LogP contribution in [0.4, 0.5) is 10.5 Å². The topological polar surface area (TPSA) is 135 Å². The largest absolute Gasteiger partial charge is 0.480 e. The number of carbonyl (C=O) groups excluding carboxylic acids is 1. The van der Waals surface area contributed by atoms with Crippen LogP contribution in [0.2, 0.25) is 0 Å². The molecule has 0 aliphatic heterocycles. The molecular weight excluding hydrogens is 329 g/mol. The molecule has 22 heavy (non-hydrogen) atoms. The number of anilines is 1. The lowest BCUT2D eigenvalue weighted by molar-refractivity contribution is 0.259. The summed E-state index contributed by atoms with van der Waals surface area (Å²) in [5, 5.41) is 2.54. The van der Waals surface area contributed by atoms with Gasteiger partial charge in [0.2, 0.25) is 0 Å². The van der Waals surface area contributed by atoms with Crippen LogP contribution in [0, 0.1) is 0 Å². The van der Waals surface area contributed by atoms with E-state index in [4.69, 9.17) is 20.3 Å². The molecular formula is C12H12N3O5PS. The number of urea groups is 1. The van der Waals surface area contributed by atoms with Crippen LogP contribution in [0.25, 0.3) is 11.3 Å². The van der Waals surface area contributed by atoms with Gasteiger partial charge in [0, 0.05) is 22.5 Å². The second kappa shape index (κ2) is 5.36. The van der Waals surface area contributed by atoms with Crippen molar-refractivity contribution in [3.05, 3.63) is 28.1 Å². The normalized spacial score (nSPS) is 12.6. The smallest absolute Gasteiger partial charge is 0.362 e. The molecule has 0 saturated heterocycles. The average molecular weight is 341 g/mol. The minimum atomic E-state index is -4.29. The van der Waals surface area contributed by atoms with Crippen LogP contribution in [0.15, 0.2) is 17.6 Å². The molecule has 5 N–H and O–H groups in total. The average Bonchev–Trinajstić information content (AvgIpc) is 2.97. The first-order valence-electron chi connectivity index (χ1n) is 6.17. The summed E-state index contributed by atoms with van der Waals surface area (Å²) in [6, 6.07) is 2.44. The number of aromatic nitrogens is 1. The molecule has 1 heterocycles. The van der Waals surface area contributed by atoms with Crippen molar-refractivity contribution in [3.8, 4) is 17.0 Å². The van der Waals surface area contributed by atoms with Crippen molar-refractivity contribution < 1.29 is 23.9 Å². The van der Waals surface area contributed by atoms with Crippen molar-refractivity contribution in [2.24, 2.45) is 5.73 Å². The lowest BCUT2D eigenvalue weighted by atomic mass is 10.1. The minimum Gasteiger partial charge on any atom is -0.480 e. The van der Waals surface area contributed by atoms with Gasteiger partial charge in [-0.15, -0.1) is 11.3 Å². The number of thiazole rings is 1. The number of nitrogens with two attached hydrogens (primary N) is 1. The summed E-state index contributed by atoms with van der Waals surface area (Å²) in [6.07, 6.45) is -0.167. The number of carbonyl (C=O) groups is 1. The fourth-order valence-corrected chi connectivity index (χ4v) is 3.44. The number of nitrogens with one attached hydrogen (secondary N) is 1. The standard InChI is InChI=1S/C12H12N3O5PS/c13-12(16)15-7-1-2-8(20-5-21(17,18)19)10-6(7)3-9-11(10)14-4-22-9/h1-2,4H,3,5H2,(H3,13,15,16)(H2,17,18,19). The van der Waals surface area contributed by atoms with E-state index in [9.17, 15) is 9.36 Å². The molecule has 1 aliphatic rings. The molecule has 116 valence electrons. The SMILES string of the molecule is NC(=O)Nc1ccc(OCP(=O)(O)O)c2c1Cc1scnc1-2. The van der Waals surface area contributed by atoms with Crippen molar-refractivity contribution in [2.75, 3.05) is 11.7 Å². The van der Waals surface area contributed by atoms with Crippen LogP contribution in [-0.4, -0.2) is 27.1 Å². The molecule has 1 aromatic carbocycles. The highest BCUT2D eigenvalue weighted by Gasteiger charge is 2.29. The van der Waals surface area contributed by atoms with Crippen LogP contribution >= 0.6 is 18.9 Å². The summed E-state index contributed by atoms with van der Waals surface area (Å²) in [5.74, 6) is 0.318. The number of nitrogens with zero attached hydrogens (tertiary/aromatic N) is 1. The Hall–Kier alpha value is -1.93. The number of amides is 2. The fraction of sp³-hybridized carbons (Fsp3) is 0.167. The van der Waals surface area contributed by atoms with E-state index < -0.39 is 20.0 Å². The zero-order valence-electron chi connectivity index (χ0n) is 11.1. The molecule has 0 atom stereocenters. The first-order chi connectivity index (χ1) is 10.3. The summed E-state index contributed by atoms with van der Waals surface area (Å²) in [5.41, 5.74) is 9.49. The quantitative estimate of drug-likeness (QED) is 0.534. The zero-order chi connectivity index (χ0) is 15.9. The molecule has 0 bridgehead atoms. The number of hydrogen-bond acceptors (Lipinski definition) is 5. The molecule has 0 fully saturated rings. The predicted octanol–water partition coefficient (Wildman–Crippen LogP) is 1.72. The maximum absolute atomic E-state index is 11.1. The van der Waals surface area contributed by atoms with Crippen LogP contribution in [0.3, 0.4) is 0 Å². The highest BCUT2D eigenvalue weighted by Crippen LogP contribution is 2.47. The Balaban J connectivity index is 2.05. The third-order valence-electron chi connectivity index (χ3n) is 3.14. The fourth-order valence-electron chi connectivity index (χ4n) is 2.35. The number of primary amides is 1. The molecule has 0 spiro atoms. The first-order valence-corrected chi connectivity index (χ1v) is 8.85.